The number of methoxy groups -OCH3 is 1. The van der Waals surface area contributed by atoms with Crippen LogP contribution in [0.2, 0.25) is 0 Å². The third kappa shape index (κ3) is 4.84. The molecule has 0 fully saturated rings. The van der Waals surface area contributed by atoms with E-state index in [9.17, 15) is 5.11 Å². The average Bonchev–Trinajstić information content (AvgIpc) is 2.37. The fraction of sp³-hybridized carbons (Fsp3) is 0.625. The second-order valence-electron chi connectivity index (χ2n) is 5.10. The number of aliphatic hydroxyl groups is 1. The van der Waals surface area contributed by atoms with Gasteiger partial charge < -0.3 is 15.2 Å². The Balaban J connectivity index is 2.59. The summed E-state index contributed by atoms with van der Waals surface area (Å²) >= 11 is 0. The molecule has 1 unspecified atom stereocenters. The van der Waals surface area contributed by atoms with Gasteiger partial charge in [-0.2, -0.15) is 0 Å². The molecule has 1 aromatic carbocycles. The highest BCUT2D eigenvalue weighted by molar-refractivity contribution is 5.42. The fourth-order valence-corrected chi connectivity index (χ4v) is 2.42. The molecule has 1 rings (SSSR count). The van der Waals surface area contributed by atoms with Crippen LogP contribution in [0.5, 0.6) is 5.75 Å². The highest BCUT2D eigenvalue weighted by atomic mass is 16.5. The number of nitrogens with one attached hydrogen (secondary N) is 1. The summed E-state index contributed by atoms with van der Waals surface area (Å²) in [5.41, 5.74) is 3.18. The smallest absolute Gasteiger partial charge is 0.119 e. The second-order valence-corrected chi connectivity index (χ2v) is 5.10. The zero-order valence-corrected chi connectivity index (χ0v) is 12.6. The van der Waals surface area contributed by atoms with Gasteiger partial charge in [-0.1, -0.05) is 19.8 Å². The lowest BCUT2D eigenvalue weighted by atomic mass is 9.97. The van der Waals surface area contributed by atoms with Crippen molar-refractivity contribution in [2.24, 2.45) is 0 Å². The zero-order chi connectivity index (χ0) is 14.3. The molecule has 2 N–H and O–H groups in total. The fourth-order valence-electron chi connectivity index (χ4n) is 2.42. The summed E-state index contributed by atoms with van der Waals surface area (Å²) in [6.07, 6.45) is 3.18. The Morgan fingerprint density at radius 1 is 1.21 bits per heavy atom. The molecule has 108 valence electrons. The molecule has 0 aliphatic carbocycles. The van der Waals surface area contributed by atoms with Crippen molar-refractivity contribution in [3.05, 3.63) is 28.8 Å². The molecule has 0 heterocycles. The summed E-state index contributed by atoms with van der Waals surface area (Å²) in [5, 5.41) is 13.6. The predicted octanol–water partition coefficient (Wildman–Crippen LogP) is 3.13. The SMILES string of the molecule is CCCCCNCC(O)c1c(C)cc(OC)cc1C. The van der Waals surface area contributed by atoms with E-state index in [0.29, 0.717) is 6.54 Å². The molecule has 0 saturated carbocycles. The van der Waals surface area contributed by atoms with E-state index in [1.165, 1.54) is 19.3 Å². The average molecular weight is 265 g/mol. The van der Waals surface area contributed by atoms with Crippen LogP contribution in [0.25, 0.3) is 0 Å². The second kappa shape index (κ2) is 8.18. The van der Waals surface area contributed by atoms with Crippen molar-refractivity contribution in [3.63, 3.8) is 0 Å². The van der Waals surface area contributed by atoms with E-state index in [1.807, 2.05) is 26.0 Å². The maximum absolute atomic E-state index is 10.3. The lowest BCUT2D eigenvalue weighted by molar-refractivity contribution is 0.173. The van der Waals surface area contributed by atoms with E-state index in [1.54, 1.807) is 7.11 Å². The molecule has 0 spiro atoms. The molecule has 0 saturated heterocycles. The van der Waals surface area contributed by atoms with E-state index in [2.05, 4.69) is 12.2 Å². The van der Waals surface area contributed by atoms with E-state index < -0.39 is 6.10 Å². The van der Waals surface area contributed by atoms with Crippen LogP contribution in [0.4, 0.5) is 0 Å². The quantitative estimate of drug-likeness (QED) is 0.710. The summed E-state index contributed by atoms with van der Waals surface area (Å²) in [6, 6.07) is 3.95. The molecular weight excluding hydrogens is 238 g/mol. The number of hydrogen-bond donors (Lipinski definition) is 2. The first-order valence-electron chi connectivity index (χ1n) is 7.14. The standard InChI is InChI=1S/C16H27NO2/c1-5-6-7-8-17-11-15(18)16-12(2)9-14(19-4)10-13(16)3/h9-10,15,17-18H,5-8,11H2,1-4H3. The van der Waals surface area contributed by atoms with E-state index in [0.717, 1.165) is 29.0 Å². The van der Waals surface area contributed by atoms with Gasteiger partial charge in [0.1, 0.15) is 5.75 Å². The number of aryl methyl sites for hydroxylation is 2. The first kappa shape index (κ1) is 16.0. The summed E-state index contributed by atoms with van der Waals surface area (Å²) in [7, 11) is 1.67. The van der Waals surface area contributed by atoms with Gasteiger partial charge in [0.25, 0.3) is 0 Å². The van der Waals surface area contributed by atoms with Crippen molar-refractivity contribution in [1.82, 2.24) is 5.32 Å². The van der Waals surface area contributed by atoms with Gasteiger partial charge in [-0.3, -0.25) is 0 Å². The number of aliphatic hydroxyl groups excluding tert-OH is 1. The van der Waals surface area contributed by atoms with Gasteiger partial charge in [0, 0.05) is 6.54 Å². The molecule has 0 aliphatic heterocycles. The number of rotatable bonds is 8. The van der Waals surface area contributed by atoms with Crippen LogP contribution >= 0.6 is 0 Å². The summed E-state index contributed by atoms with van der Waals surface area (Å²) < 4.78 is 5.24. The zero-order valence-electron chi connectivity index (χ0n) is 12.6. The van der Waals surface area contributed by atoms with Crippen molar-refractivity contribution in [2.45, 2.75) is 46.1 Å². The van der Waals surface area contributed by atoms with E-state index in [-0.39, 0.29) is 0 Å². The summed E-state index contributed by atoms with van der Waals surface area (Å²) in [4.78, 5) is 0. The van der Waals surface area contributed by atoms with E-state index in [4.69, 9.17) is 4.74 Å². The minimum absolute atomic E-state index is 0.451. The number of hydrogen-bond acceptors (Lipinski definition) is 3. The van der Waals surface area contributed by atoms with Crippen LogP contribution in [0.1, 0.15) is 49.0 Å². The Labute approximate surface area is 117 Å². The molecule has 19 heavy (non-hydrogen) atoms. The van der Waals surface area contributed by atoms with Crippen LogP contribution in [0, 0.1) is 13.8 Å². The lowest BCUT2D eigenvalue weighted by Gasteiger charge is -2.18. The van der Waals surface area contributed by atoms with Gasteiger partial charge in [-0.05, 0) is 55.6 Å². The van der Waals surface area contributed by atoms with Crippen LogP contribution in [-0.4, -0.2) is 25.3 Å². The van der Waals surface area contributed by atoms with E-state index >= 15 is 0 Å². The third-order valence-electron chi connectivity index (χ3n) is 3.43. The highest BCUT2D eigenvalue weighted by Crippen LogP contribution is 2.26. The Morgan fingerprint density at radius 3 is 2.37 bits per heavy atom. The van der Waals surface area contributed by atoms with Crippen LogP contribution < -0.4 is 10.1 Å². The topological polar surface area (TPSA) is 41.5 Å². The first-order valence-corrected chi connectivity index (χ1v) is 7.14. The molecule has 1 aromatic rings. The molecule has 0 amide bonds. The monoisotopic (exact) mass is 265 g/mol. The molecule has 3 heteroatoms. The molecule has 0 radical (unpaired) electrons. The van der Waals surface area contributed by atoms with Crippen molar-refractivity contribution in [1.29, 1.82) is 0 Å². The number of benzene rings is 1. The number of unbranched alkanes of at least 4 members (excludes halogenated alkanes) is 2. The van der Waals surface area contributed by atoms with Gasteiger partial charge in [0.2, 0.25) is 0 Å². The largest absolute Gasteiger partial charge is 0.497 e. The normalized spacial score (nSPS) is 12.5. The Hall–Kier alpha value is -1.06. The van der Waals surface area contributed by atoms with Crippen LogP contribution in [-0.2, 0) is 0 Å². The maximum Gasteiger partial charge on any atom is 0.119 e. The van der Waals surface area contributed by atoms with Gasteiger partial charge in [-0.25, -0.2) is 0 Å². The predicted molar refractivity (Wildman–Crippen MR) is 79.8 cm³/mol. The third-order valence-corrected chi connectivity index (χ3v) is 3.43. The number of ether oxygens (including phenoxy) is 1. The maximum atomic E-state index is 10.3. The summed E-state index contributed by atoms with van der Waals surface area (Å²) in [5.74, 6) is 0.849. The van der Waals surface area contributed by atoms with Gasteiger partial charge in [0.05, 0.1) is 13.2 Å². The molecular formula is C16H27NO2. The molecule has 0 aromatic heterocycles. The first-order chi connectivity index (χ1) is 9.10. The van der Waals surface area contributed by atoms with Crippen molar-refractivity contribution < 1.29 is 9.84 Å². The minimum Gasteiger partial charge on any atom is -0.497 e. The Kier molecular flexibility index (Phi) is 6.89. The minimum atomic E-state index is -0.451. The molecule has 1 atom stereocenters. The van der Waals surface area contributed by atoms with Gasteiger partial charge in [0.15, 0.2) is 0 Å². The Morgan fingerprint density at radius 2 is 1.84 bits per heavy atom. The van der Waals surface area contributed by atoms with Crippen LogP contribution in [0.3, 0.4) is 0 Å². The molecule has 0 aliphatic rings. The van der Waals surface area contributed by atoms with Gasteiger partial charge in [-0.15, -0.1) is 0 Å². The highest BCUT2D eigenvalue weighted by Gasteiger charge is 2.14. The van der Waals surface area contributed by atoms with Crippen molar-refractivity contribution in [2.75, 3.05) is 20.2 Å². The molecule has 0 bridgehead atoms. The lowest BCUT2D eigenvalue weighted by Crippen LogP contribution is -2.23. The van der Waals surface area contributed by atoms with Crippen molar-refractivity contribution in [3.8, 4) is 5.75 Å². The Bertz CT molecular complexity index is 367. The van der Waals surface area contributed by atoms with Crippen LogP contribution in [0.15, 0.2) is 12.1 Å². The van der Waals surface area contributed by atoms with Crippen molar-refractivity contribution >= 4 is 0 Å². The summed E-state index contributed by atoms with van der Waals surface area (Å²) in [6.45, 7) is 7.81. The molecule has 3 nitrogen and oxygen atoms in total. The van der Waals surface area contributed by atoms with Gasteiger partial charge >= 0.3 is 0 Å².